The Bertz CT molecular complexity index is 862. The van der Waals surface area contributed by atoms with Crippen LogP contribution in [0.3, 0.4) is 0 Å². The predicted octanol–water partition coefficient (Wildman–Crippen LogP) is 4.92. The molecule has 0 radical (unpaired) electrons. The molecule has 0 saturated heterocycles. The van der Waals surface area contributed by atoms with Crippen LogP contribution < -0.4 is 11.1 Å². The van der Waals surface area contributed by atoms with E-state index in [2.05, 4.69) is 17.5 Å². The van der Waals surface area contributed by atoms with Crippen molar-refractivity contribution in [3.8, 4) is 0 Å². The number of amides is 1. The second-order valence-corrected chi connectivity index (χ2v) is 7.07. The molecule has 0 spiro atoms. The smallest absolute Gasteiger partial charge is 0.248 e. The Morgan fingerprint density at radius 2 is 2.00 bits per heavy atom. The molecule has 2 aromatic carbocycles. The predicted molar refractivity (Wildman–Crippen MR) is 97.8 cm³/mol. The summed E-state index contributed by atoms with van der Waals surface area (Å²) in [5, 5.41) is 4.74. The van der Waals surface area contributed by atoms with Crippen LogP contribution in [0.15, 0.2) is 48.6 Å². The van der Waals surface area contributed by atoms with Gasteiger partial charge >= 0.3 is 0 Å². The van der Waals surface area contributed by atoms with Crippen LogP contribution in [0.25, 0.3) is 0 Å². The van der Waals surface area contributed by atoms with E-state index in [0.29, 0.717) is 21.5 Å². The van der Waals surface area contributed by atoms with Crippen molar-refractivity contribution in [2.45, 2.75) is 18.4 Å². The highest BCUT2D eigenvalue weighted by molar-refractivity contribution is 6.42. The van der Waals surface area contributed by atoms with Crippen molar-refractivity contribution in [2.75, 3.05) is 5.32 Å². The summed E-state index contributed by atoms with van der Waals surface area (Å²) in [4.78, 5) is 11.5. The van der Waals surface area contributed by atoms with Gasteiger partial charge < -0.3 is 11.1 Å². The summed E-state index contributed by atoms with van der Waals surface area (Å²) in [7, 11) is 0. The maximum absolute atomic E-state index is 11.5. The van der Waals surface area contributed by atoms with Crippen LogP contribution in [0, 0.1) is 5.92 Å². The first-order chi connectivity index (χ1) is 11.6. The van der Waals surface area contributed by atoms with E-state index >= 15 is 0 Å². The fourth-order valence-corrected chi connectivity index (χ4v) is 4.24. The quantitative estimate of drug-likeness (QED) is 0.748. The van der Waals surface area contributed by atoms with Gasteiger partial charge in [0.25, 0.3) is 0 Å². The van der Waals surface area contributed by atoms with E-state index in [1.807, 2.05) is 24.3 Å². The zero-order valence-electron chi connectivity index (χ0n) is 12.8. The molecule has 0 aromatic heterocycles. The summed E-state index contributed by atoms with van der Waals surface area (Å²) in [6.45, 7) is 0. The molecule has 2 aromatic rings. The number of rotatable bonds is 2. The molecule has 5 heteroatoms. The number of halogens is 2. The van der Waals surface area contributed by atoms with Crippen molar-refractivity contribution in [1.29, 1.82) is 0 Å². The number of hydrogen-bond donors (Lipinski definition) is 2. The highest BCUT2D eigenvalue weighted by atomic mass is 35.5. The molecule has 3 atom stereocenters. The SMILES string of the molecule is NC(=O)c1ccc2c(c1)C1C=CCC1C(c1cccc(Cl)c1Cl)N2. The number of primary amides is 1. The summed E-state index contributed by atoms with van der Waals surface area (Å²) in [5.41, 5.74) is 9.09. The number of carbonyl (C=O) groups is 1. The van der Waals surface area contributed by atoms with Crippen LogP contribution in [-0.2, 0) is 0 Å². The Labute approximate surface area is 150 Å². The fraction of sp³-hybridized carbons (Fsp3) is 0.211. The largest absolute Gasteiger partial charge is 0.378 e. The summed E-state index contributed by atoms with van der Waals surface area (Å²) in [6.07, 6.45) is 5.35. The van der Waals surface area contributed by atoms with E-state index in [1.54, 1.807) is 12.1 Å². The lowest BCUT2D eigenvalue weighted by Crippen LogP contribution is -2.29. The zero-order chi connectivity index (χ0) is 16.8. The third kappa shape index (κ3) is 2.40. The van der Waals surface area contributed by atoms with E-state index in [-0.39, 0.29) is 12.0 Å². The second kappa shape index (κ2) is 5.83. The molecule has 0 bridgehead atoms. The number of allylic oxidation sites excluding steroid dienone is 2. The van der Waals surface area contributed by atoms with E-state index in [4.69, 9.17) is 28.9 Å². The molecule has 2 aliphatic rings. The first-order valence-electron chi connectivity index (χ1n) is 7.87. The third-order valence-corrected chi connectivity index (χ3v) is 5.80. The summed E-state index contributed by atoms with van der Waals surface area (Å²) < 4.78 is 0. The normalized spacial score (nSPS) is 24.2. The van der Waals surface area contributed by atoms with Crippen LogP contribution >= 0.6 is 23.2 Å². The third-order valence-electron chi connectivity index (χ3n) is 4.96. The number of hydrogen-bond acceptors (Lipinski definition) is 2. The van der Waals surface area contributed by atoms with Gasteiger partial charge in [-0.15, -0.1) is 0 Å². The van der Waals surface area contributed by atoms with Crippen molar-refractivity contribution in [1.82, 2.24) is 0 Å². The Kier molecular flexibility index (Phi) is 3.78. The number of nitrogens with one attached hydrogen (secondary N) is 1. The van der Waals surface area contributed by atoms with Crippen LogP contribution in [0.2, 0.25) is 10.0 Å². The van der Waals surface area contributed by atoms with Crippen molar-refractivity contribution < 1.29 is 4.79 Å². The highest BCUT2D eigenvalue weighted by Crippen LogP contribution is 2.51. The first-order valence-corrected chi connectivity index (χ1v) is 8.62. The fourth-order valence-electron chi connectivity index (χ4n) is 3.82. The number of anilines is 1. The molecule has 1 aliphatic carbocycles. The minimum atomic E-state index is -0.406. The Balaban J connectivity index is 1.81. The molecule has 24 heavy (non-hydrogen) atoms. The topological polar surface area (TPSA) is 55.1 Å². The molecule has 3 unspecified atom stereocenters. The minimum Gasteiger partial charge on any atom is -0.378 e. The molecule has 1 heterocycles. The Morgan fingerprint density at radius 1 is 1.17 bits per heavy atom. The standard InChI is InChI=1S/C19H16Cl2N2O/c20-15-6-2-5-13(17(15)21)18-12-4-1-3-11(12)14-9-10(19(22)24)7-8-16(14)23-18/h1-3,5-9,11-12,18,23H,4H2,(H2,22,24). The van der Waals surface area contributed by atoms with Gasteiger partial charge in [0, 0.05) is 17.2 Å². The number of benzene rings is 2. The van der Waals surface area contributed by atoms with Gasteiger partial charge in [-0.05, 0) is 47.7 Å². The van der Waals surface area contributed by atoms with E-state index < -0.39 is 5.91 Å². The van der Waals surface area contributed by atoms with E-state index in [1.165, 1.54) is 0 Å². The van der Waals surface area contributed by atoms with Crippen molar-refractivity contribution in [3.05, 3.63) is 75.3 Å². The molecule has 1 amide bonds. The van der Waals surface area contributed by atoms with Crippen molar-refractivity contribution >= 4 is 34.8 Å². The van der Waals surface area contributed by atoms with Crippen molar-refractivity contribution in [2.24, 2.45) is 11.7 Å². The van der Waals surface area contributed by atoms with E-state index in [9.17, 15) is 4.79 Å². The van der Waals surface area contributed by atoms with Gasteiger partial charge in [0.15, 0.2) is 0 Å². The molecule has 3 nitrogen and oxygen atoms in total. The summed E-state index contributed by atoms with van der Waals surface area (Å²) in [6, 6.07) is 11.4. The number of fused-ring (bicyclic) bond motifs is 3. The lowest BCUT2D eigenvalue weighted by atomic mass is 9.76. The monoisotopic (exact) mass is 358 g/mol. The van der Waals surface area contributed by atoms with Gasteiger partial charge in [0.1, 0.15) is 0 Å². The Morgan fingerprint density at radius 3 is 2.79 bits per heavy atom. The number of carbonyl (C=O) groups excluding carboxylic acids is 1. The molecule has 3 N–H and O–H groups in total. The molecule has 122 valence electrons. The van der Waals surface area contributed by atoms with Crippen LogP contribution in [0.4, 0.5) is 5.69 Å². The minimum absolute atomic E-state index is 0.0723. The highest BCUT2D eigenvalue weighted by Gasteiger charge is 2.39. The molecule has 1 aliphatic heterocycles. The summed E-state index contributed by atoms with van der Waals surface area (Å²) >= 11 is 12.7. The van der Waals surface area contributed by atoms with Gasteiger partial charge in [-0.1, -0.05) is 47.5 Å². The van der Waals surface area contributed by atoms with Crippen molar-refractivity contribution in [3.63, 3.8) is 0 Å². The lowest BCUT2D eigenvalue weighted by Gasteiger charge is -2.38. The molecule has 4 rings (SSSR count). The van der Waals surface area contributed by atoms with Gasteiger partial charge in [0.2, 0.25) is 5.91 Å². The molecular weight excluding hydrogens is 343 g/mol. The maximum atomic E-state index is 11.5. The Hall–Kier alpha value is -1.97. The average molecular weight is 359 g/mol. The average Bonchev–Trinajstić information content (AvgIpc) is 3.06. The molecule has 0 saturated carbocycles. The van der Waals surface area contributed by atoms with Gasteiger partial charge in [-0.2, -0.15) is 0 Å². The lowest BCUT2D eigenvalue weighted by molar-refractivity contribution is 0.1000. The second-order valence-electron chi connectivity index (χ2n) is 6.28. The van der Waals surface area contributed by atoms with Crippen LogP contribution in [-0.4, -0.2) is 5.91 Å². The number of nitrogens with two attached hydrogens (primary N) is 1. The van der Waals surface area contributed by atoms with Crippen LogP contribution in [0.5, 0.6) is 0 Å². The van der Waals surface area contributed by atoms with Gasteiger partial charge in [-0.25, -0.2) is 0 Å². The van der Waals surface area contributed by atoms with Gasteiger partial charge in [0.05, 0.1) is 16.1 Å². The summed E-state index contributed by atoms with van der Waals surface area (Å²) in [5.74, 6) is 0.161. The van der Waals surface area contributed by atoms with Crippen LogP contribution in [0.1, 0.15) is 39.9 Å². The maximum Gasteiger partial charge on any atom is 0.248 e. The molecule has 0 fully saturated rings. The van der Waals surface area contributed by atoms with Gasteiger partial charge in [-0.3, -0.25) is 4.79 Å². The first kappa shape index (κ1) is 15.6. The zero-order valence-corrected chi connectivity index (χ0v) is 14.3. The van der Waals surface area contributed by atoms with E-state index in [0.717, 1.165) is 23.2 Å². The molecular formula is C19H16Cl2N2O.